The zero-order valence-corrected chi connectivity index (χ0v) is 15.5. The molecule has 1 N–H and O–H groups in total. The second kappa shape index (κ2) is 5.86. The molecule has 2 aliphatic heterocycles. The molecule has 5 rings (SSSR count). The second-order valence-electron chi connectivity index (χ2n) is 7.52. The topological polar surface area (TPSA) is 107 Å². The molecular formula is C18H19N7O3. The fraction of sp³-hybridized carbons (Fsp3) is 0.389. The Morgan fingerprint density at radius 1 is 1.29 bits per heavy atom. The zero-order chi connectivity index (χ0) is 19.5. The van der Waals surface area contributed by atoms with Gasteiger partial charge in [0, 0.05) is 38.1 Å². The van der Waals surface area contributed by atoms with Gasteiger partial charge < -0.3 is 15.0 Å². The molecular weight excluding hydrogens is 362 g/mol. The van der Waals surface area contributed by atoms with Crippen molar-refractivity contribution in [3.05, 3.63) is 41.6 Å². The molecule has 0 aliphatic carbocycles. The summed E-state index contributed by atoms with van der Waals surface area (Å²) in [5.74, 6) is 0.0673. The number of aryl methyl sites for hydroxylation is 2. The smallest absolute Gasteiger partial charge is 0.274 e. The van der Waals surface area contributed by atoms with E-state index in [1.807, 2.05) is 0 Å². The van der Waals surface area contributed by atoms with Crippen LogP contribution in [0.2, 0.25) is 0 Å². The standard InChI is InChI=1S/C18H19N7O3/c1-11-20-14-5-12(3-4-25(14)22-11)21-16(26)15-13(6-19-23(15)2)17(27)24-7-18(8-24)9-28-10-18/h3-6H,7-10H2,1-2H3,(H,21,26). The number of carbonyl (C=O) groups excluding carboxylic acids is 2. The number of hydrogen-bond acceptors (Lipinski definition) is 6. The fourth-order valence-corrected chi connectivity index (χ4v) is 3.77. The van der Waals surface area contributed by atoms with Crippen LogP contribution < -0.4 is 5.32 Å². The summed E-state index contributed by atoms with van der Waals surface area (Å²) in [5, 5.41) is 11.2. The predicted octanol–water partition coefficient (Wildman–Crippen LogP) is 0.496. The average Bonchev–Trinajstić information content (AvgIpc) is 3.13. The number of nitrogens with one attached hydrogen (secondary N) is 1. The predicted molar refractivity (Wildman–Crippen MR) is 98.0 cm³/mol. The van der Waals surface area contributed by atoms with Gasteiger partial charge in [0.1, 0.15) is 11.5 Å². The maximum atomic E-state index is 12.9. The summed E-state index contributed by atoms with van der Waals surface area (Å²) in [5.41, 5.74) is 1.85. The molecule has 0 radical (unpaired) electrons. The monoisotopic (exact) mass is 381 g/mol. The van der Waals surface area contributed by atoms with Gasteiger partial charge in [-0.15, -0.1) is 0 Å². The lowest BCUT2D eigenvalue weighted by Crippen LogP contribution is -2.67. The van der Waals surface area contributed by atoms with Gasteiger partial charge in [-0.3, -0.25) is 14.3 Å². The lowest BCUT2D eigenvalue weighted by atomic mass is 9.78. The van der Waals surface area contributed by atoms with Crippen molar-refractivity contribution >= 4 is 23.1 Å². The van der Waals surface area contributed by atoms with Crippen molar-refractivity contribution in [1.82, 2.24) is 29.3 Å². The summed E-state index contributed by atoms with van der Waals surface area (Å²) in [4.78, 5) is 31.8. The number of ether oxygens (including phenoxy) is 1. The zero-order valence-electron chi connectivity index (χ0n) is 15.5. The van der Waals surface area contributed by atoms with E-state index in [1.54, 1.807) is 41.7 Å². The Labute approximate surface area is 160 Å². The van der Waals surface area contributed by atoms with Gasteiger partial charge in [0.25, 0.3) is 11.8 Å². The summed E-state index contributed by atoms with van der Waals surface area (Å²) in [6, 6.07) is 3.46. The molecule has 2 amide bonds. The second-order valence-corrected chi connectivity index (χ2v) is 7.52. The first-order valence-corrected chi connectivity index (χ1v) is 8.98. The van der Waals surface area contributed by atoms with Gasteiger partial charge in [0.2, 0.25) is 0 Å². The van der Waals surface area contributed by atoms with Gasteiger partial charge in [-0.2, -0.15) is 10.2 Å². The van der Waals surface area contributed by atoms with Crippen LogP contribution >= 0.6 is 0 Å². The first-order valence-electron chi connectivity index (χ1n) is 8.98. The highest BCUT2D eigenvalue weighted by atomic mass is 16.5. The Bertz CT molecular complexity index is 1100. The van der Waals surface area contributed by atoms with Crippen molar-refractivity contribution in [3.8, 4) is 0 Å². The Morgan fingerprint density at radius 3 is 2.79 bits per heavy atom. The van der Waals surface area contributed by atoms with Crippen molar-refractivity contribution in [1.29, 1.82) is 0 Å². The molecule has 0 bridgehead atoms. The average molecular weight is 381 g/mol. The van der Waals surface area contributed by atoms with E-state index in [0.29, 0.717) is 49.0 Å². The van der Waals surface area contributed by atoms with Crippen molar-refractivity contribution in [2.45, 2.75) is 6.92 Å². The molecule has 0 aromatic carbocycles. The first-order chi connectivity index (χ1) is 13.4. The van der Waals surface area contributed by atoms with Crippen LogP contribution in [0, 0.1) is 12.3 Å². The molecule has 2 aliphatic rings. The highest BCUT2D eigenvalue weighted by Crippen LogP contribution is 2.38. The third-order valence-corrected chi connectivity index (χ3v) is 5.24. The molecule has 28 heavy (non-hydrogen) atoms. The number of amides is 2. The van der Waals surface area contributed by atoms with Crippen LogP contribution in [-0.4, -0.2) is 67.4 Å². The number of nitrogens with zero attached hydrogens (tertiary/aromatic N) is 6. The Balaban J connectivity index is 1.37. The minimum absolute atomic E-state index is 0.117. The summed E-state index contributed by atoms with van der Waals surface area (Å²) < 4.78 is 8.30. The summed E-state index contributed by atoms with van der Waals surface area (Å²) >= 11 is 0. The molecule has 0 atom stereocenters. The van der Waals surface area contributed by atoms with E-state index in [1.165, 1.54) is 10.9 Å². The SMILES string of the molecule is Cc1nc2cc(NC(=O)c3c(C(=O)N4CC5(COC5)C4)cnn3C)ccn2n1. The van der Waals surface area contributed by atoms with E-state index in [0.717, 1.165) is 0 Å². The molecule has 144 valence electrons. The quantitative estimate of drug-likeness (QED) is 0.708. The van der Waals surface area contributed by atoms with Crippen LogP contribution in [0.5, 0.6) is 0 Å². The maximum absolute atomic E-state index is 12.9. The van der Waals surface area contributed by atoms with Crippen LogP contribution in [0.25, 0.3) is 5.65 Å². The van der Waals surface area contributed by atoms with Crippen LogP contribution in [-0.2, 0) is 11.8 Å². The summed E-state index contributed by atoms with van der Waals surface area (Å²) in [7, 11) is 1.65. The van der Waals surface area contributed by atoms with Gasteiger partial charge in [-0.05, 0) is 13.0 Å². The van der Waals surface area contributed by atoms with Crippen LogP contribution in [0.1, 0.15) is 26.7 Å². The number of fused-ring (bicyclic) bond motifs is 1. The largest absolute Gasteiger partial charge is 0.380 e. The van der Waals surface area contributed by atoms with Crippen LogP contribution in [0.15, 0.2) is 24.5 Å². The molecule has 0 unspecified atom stereocenters. The van der Waals surface area contributed by atoms with Crippen molar-refractivity contribution in [3.63, 3.8) is 0 Å². The highest BCUT2D eigenvalue weighted by molar-refractivity contribution is 6.11. The van der Waals surface area contributed by atoms with E-state index in [4.69, 9.17) is 4.74 Å². The summed E-state index contributed by atoms with van der Waals surface area (Å²) in [6.07, 6.45) is 3.17. The molecule has 1 spiro atoms. The van der Waals surface area contributed by atoms with Crippen LogP contribution in [0.4, 0.5) is 5.69 Å². The number of likely N-dealkylation sites (tertiary alicyclic amines) is 1. The van der Waals surface area contributed by atoms with Crippen molar-refractivity contribution in [2.24, 2.45) is 12.5 Å². The lowest BCUT2D eigenvalue weighted by molar-refractivity contribution is -0.176. The number of aromatic nitrogens is 5. The maximum Gasteiger partial charge on any atom is 0.274 e. The van der Waals surface area contributed by atoms with E-state index in [9.17, 15) is 9.59 Å². The third kappa shape index (κ3) is 2.56. The Kier molecular flexibility index (Phi) is 3.53. The number of rotatable bonds is 3. The van der Waals surface area contributed by atoms with E-state index in [-0.39, 0.29) is 17.0 Å². The van der Waals surface area contributed by atoms with Crippen LogP contribution in [0.3, 0.4) is 0 Å². The molecule has 5 heterocycles. The van der Waals surface area contributed by atoms with Crippen molar-refractivity contribution < 1.29 is 14.3 Å². The number of pyridine rings is 1. The molecule has 10 nitrogen and oxygen atoms in total. The van der Waals surface area contributed by atoms with E-state index in [2.05, 4.69) is 20.5 Å². The van der Waals surface area contributed by atoms with Gasteiger partial charge in [0.05, 0.1) is 30.4 Å². The van der Waals surface area contributed by atoms with Gasteiger partial charge in [-0.25, -0.2) is 9.50 Å². The highest BCUT2D eigenvalue weighted by Gasteiger charge is 2.51. The normalized spacial score (nSPS) is 17.4. The minimum atomic E-state index is -0.397. The number of anilines is 1. The van der Waals surface area contributed by atoms with Gasteiger partial charge in [-0.1, -0.05) is 0 Å². The third-order valence-electron chi connectivity index (χ3n) is 5.24. The molecule has 3 aromatic heterocycles. The minimum Gasteiger partial charge on any atom is -0.380 e. The van der Waals surface area contributed by atoms with Gasteiger partial charge in [0.15, 0.2) is 5.65 Å². The Hall–Kier alpha value is -3.27. The molecule has 2 fully saturated rings. The van der Waals surface area contributed by atoms with E-state index < -0.39 is 5.91 Å². The summed E-state index contributed by atoms with van der Waals surface area (Å²) in [6.45, 7) is 4.51. The molecule has 10 heteroatoms. The van der Waals surface area contributed by atoms with Gasteiger partial charge >= 0.3 is 0 Å². The molecule has 2 saturated heterocycles. The van der Waals surface area contributed by atoms with E-state index >= 15 is 0 Å². The number of hydrogen-bond donors (Lipinski definition) is 1. The van der Waals surface area contributed by atoms with Crippen molar-refractivity contribution in [2.75, 3.05) is 31.6 Å². The fourth-order valence-electron chi connectivity index (χ4n) is 3.77. The first kappa shape index (κ1) is 16.9. The molecule has 0 saturated carbocycles. The molecule has 3 aromatic rings. The number of carbonyl (C=O) groups is 2. The Morgan fingerprint density at radius 2 is 2.07 bits per heavy atom. The lowest BCUT2D eigenvalue weighted by Gasteiger charge is -2.54.